The molecule has 0 bridgehead atoms. The number of aromatic nitrogens is 2. The van der Waals surface area contributed by atoms with Gasteiger partial charge in [0, 0.05) is 29.6 Å². The average molecular weight is 324 g/mol. The van der Waals surface area contributed by atoms with E-state index in [0.717, 1.165) is 17.3 Å². The van der Waals surface area contributed by atoms with Gasteiger partial charge in [-0.2, -0.15) is 0 Å². The topological polar surface area (TPSA) is 46.9 Å². The zero-order valence-corrected chi connectivity index (χ0v) is 13.6. The molecule has 0 radical (unpaired) electrons. The summed E-state index contributed by atoms with van der Waals surface area (Å²) in [6.45, 7) is 4.62. The molecule has 0 aliphatic heterocycles. The lowest BCUT2D eigenvalue weighted by Crippen LogP contribution is -2.31. The van der Waals surface area contributed by atoms with Crippen LogP contribution in [0.4, 0.5) is 0 Å². The molecule has 21 heavy (non-hydrogen) atoms. The van der Waals surface area contributed by atoms with Crippen molar-refractivity contribution in [3.63, 3.8) is 0 Å². The summed E-state index contributed by atoms with van der Waals surface area (Å²) in [5.41, 5.74) is 0.973. The van der Waals surface area contributed by atoms with Crippen LogP contribution in [0.1, 0.15) is 20.3 Å². The Morgan fingerprint density at radius 1 is 1.43 bits per heavy atom. The lowest BCUT2D eigenvalue weighted by Gasteiger charge is -2.12. The molecule has 1 N–H and O–H groups in total. The van der Waals surface area contributed by atoms with Crippen molar-refractivity contribution in [2.45, 2.75) is 30.7 Å². The number of carbonyl (C=O) groups is 1. The Balaban J connectivity index is 2.10. The van der Waals surface area contributed by atoms with Crippen LogP contribution in [0, 0.1) is 0 Å². The smallest absolute Gasteiger partial charge is 0.233 e. The first-order chi connectivity index (χ1) is 10.1. The van der Waals surface area contributed by atoms with Crippen molar-refractivity contribution in [3.05, 3.63) is 41.7 Å². The minimum Gasteiger partial charge on any atom is -0.355 e. The molecule has 1 aromatic carbocycles. The molecular weight excluding hydrogens is 306 g/mol. The Labute approximate surface area is 133 Å². The van der Waals surface area contributed by atoms with Crippen LogP contribution in [0.25, 0.3) is 5.69 Å². The molecule has 2 aromatic rings. The fourth-order valence-corrected chi connectivity index (χ4v) is 2.81. The van der Waals surface area contributed by atoms with E-state index in [4.69, 9.17) is 11.6 Å². The number of benzene rings is 1. The van der Waals surface area contributed by atoms with Crippen LogP contribution in [0.3, 0.4) is 0 Å². The Morgan fingerprint density at radius 3 is 2.81 bits per heavy atom. The Morgan fingerprint density at radius 2 is 2.14 bits per heavy atom. The van der Waals surface area contributed by atoms with Crippen LogP contribution in [-0.2, 0) is 4.79 Å². The Hall–Kier alpha value is -1.46. The highest BCUT2D eigenvalue weighted by atomic mass is 35.5. The van der Waals surface area contributed by atoms with E-state index in [1.54, 1.807) is 6.20 Å². The fraction of sp³-hybridized carbons (Fsp3) is 0.333. The summed E-state index contributed by atoms with van der Waals surface area (Å²) >= 11 is 7.35. The third-order valence-electron chi connectivity index (χ3n) is 2.91. The Bertz CT molecular complexity index is 597. The van der Waals surface area contributed by atoms with Gasteiger partial charge in [-0.15, -0.1) is 0 Å². The quantitative estimate of drug-likeness (QED) is 0.827. The standard InChI is InChI=1S/C15H18ClN3OS/c1-3-8-17-14(20)11(2)21-15-18-9-10-19(15)13-6-4-12(16)5-7-13/h4-7,9-11H,3,8H2,1-2H3,(H,17,20)/t11-/m1/s1. The van der Waals surface area contributed by atoms with Gasteiger partial charge in [0.15, 0.2) is 5.16 Å². The second-order valence-electron chi connectivity index (χ2n) is 4.61. The highest BCUT2D eigenvalue weighted by Gasteiger charge is 2.17. The maximum Gasteiger partial charge on any atom is 0.233 e. The van der Waals surface area contributed by atoms with Gasteiger partial charge in [-0.05, 0) is 37.6 Å². The average Bonchev–Trinajstić information content (AvgIpc) is 2.93. The van der Waals surface area contributed by atoms with Gasteiger partial charge in [-0.25, -0.2) is 4.98 Å². The number of rotatable bonds is 6. The minimum atomic E-state index is -0.190. The molecular formula is C15H18ClN3OS. The van der Waals surface area contributed by atoms with Gasteiger partial charge in [-0.1, -0.05) is 30.3 Å². The van der Waals surface area contributed by atoms with Crippen molar-refractivity contribution < 1.29 is 4.79 Å². The van der Waals surface area contributed by atoms with Crippen molar-refractivity contribution >= 4 is 29.3 Å². The first-order valence-corrected chi connectivity index (χ1v) is 8.11. The largest absolute Gasteiger partial charge is 0.355 e. The lowest BCUT2D eigenvalue weighted by molar-refractivity contribution is -0.120. The summed E-state index contributed by atoms with van der Waals surface area (Å²) in [5.74, 6) is 0.0347. The number of halogens is 1. The normalized spacial score (nSPS) is 12.1. The molecule has 4 nitrogen and oxygen atoms in total. The zero-order chi connectivity index (χ0) is 15.2. The van der Waals surface area contributed by atoms with Gasteiger partial charge < -0.3 is 5.32 Å². The predicted octanol–water partition coefficient (Wildman–Crippen LogP) is 3.53. The van der Waals surface area contributed by atoms with Gasteiger partial charge in [-0.3, -0.25) is 9.36 Å². The first kappa shape index (κ1) is 15.9. The molecule has 1 aromatic heterocycles. The van der Waals surface area contributed by atoms with Crippen molar-refractivity contribution in [1.82, 2.24) is 14.9 Å². The van der Waals surface area contributed by atoms with Gasteiger partial charge in [0.1, 0.15) is 0 Å². The Kier molecular flexibility index (Phi) is 5.70. The van der Waals surface area contributed by atoms with E-state index in [0.29, 0.717) is 11.6 Å². The van der Waals surface area contributed by atoms with E-state index >= 15 is 0 Å². The van der Waals surface area contributed by atoms with Crippen LogP contribution in [0.2, 0.25) is 5.02 Å². The summed E-state index contributed by atoms with van der Waals surface area (Å²) in [6.07, 6.45) is 4.54. The van der Waals surface area contributed by atoms with Crippen LogP contribution >= 0.6 is 23.4 Å². The van der Waals surface area contributed by atoms with Crippen molar-refractivity contribution in [2.75, 3.05) is 6.54 Å². The van der Waals surface area contributed by atoms with Crippen molar-refractivity contribution in [2.24, 2.45) is 0 Å². The van der Waals surface area contributed by atoms with E-state index in [1.165, 1.54) is 11.8 Å². The fourth-order valence-electron chi connectivity index (χ4n) is 1.78. The molecule has 0 saturated carbocycles. The second kappa shape index (κ2) is 7.52. The summed E-state index contributed by atoms with van der Waals surface area (Å²) in [7, 11) is 0. The van der Waals surface area contributed by atoms with Crippen LogP contribution in [-0.4, -0.2) is 27.3 Å². The van der Waals surface area contributed by atoms with E-state index in [9.17, 15) is 4.79 Å². The van der Waals surface area contributed by atoms with E-state index < -0.39 is 0 Å². The molecule has 0 aliphatic carbocycles. The summed E-state index contributed by atoms with van der Waals surface area (Å²) in [6, 6.07) is 7.53. The molecule has 0 unspecified atom stereocenters. The van der Waals surface area contributed by atoms with Gasteiger partial charge in [0.2, 0.25) is 5.91 Å². The van der Waals surface area contributed by atoms with Gasteiger partial charge in [0.05, 0.1) is 5.25 Å². The number of hydrogen-bond acceptors (Lipinski definition) is 3. The lowest BCUT2D eigenvalue weighted by atomic mass is 10.3. The number of nitrogens with one attached hydrogen (secondary N) is 1. The highest BCUT2D eigenvalue weighted by Crippen LogP contribution is 2.25. The highest BCUT2D eigenvalue weighted by molar-refractivity contribution is 8.00. The van der Waals surface area contributed by atoms with E-state index in [-0.39, 0.29) is 11.2 Å². The maximum absolute atomic E-state index is 11.9. The molecule has 1 heterocycles. The molecule has 112 valence electrons. The molecule has 6 heteroatoms. The van der Waals surface area contributed by atoms with E-state index in [1.807, 2.05) is 48.9 Å². The van der Waals surface area contributed by atoms with Crippen LogP contribution in [0.5, 0.6) is 0 Å². The number of carbonyl (C=O) groups excluding carboxylic acids is 1. The van der Waals surface area contributed by atoms with Crippen molar-refractivity contribution in [1.29, 1.82) is 0 Å². The zero-order valence-electron chi connectivity index (χ0n) is 12.0. The molecule has 0 aliphatic rings. The maximum atomic E-state index is 11.9. The number of nitrogens with zero attached hydrogens (tertiary/aromatic N) is 2. The number of hydrogen-bond donors (Lipinski definition) is 1. The third-order valence-corrected chi connectivity index (χ3v) is 4.24. The van der Waals surface area contributed by atoms with Crippen LogP contribution in [0.15, 0.2) is 41.8 Å². The predicted molar refractivity (Wildman–Crippen MR) is 87.2 cm³/mol. The first-order valence-electron chi connectivity index (χ1n) is 6.85. The summed E-state index contributed by atoms with van der Waals surface area (Å²) in [5, 5.41) is 4.19. The SMILES string of the molecule is CCCNC(=O)[C@@H](C)Sc1nccn1-c1ccc(Cl)cc1. The number of thioether (sulfide) groups is 1. The monoisotopic (exact) mass is 323 g/mol. The van der Waals surface area contributed by atoms with Gasteiger partial charge in [0.25, 0.3) is 0 Å². The van der Waals surface area contributed by atoms with E-state index in [2.05, 4.69) is 10.3 Å². The summed E-state index contributed by atoms with van der Waals surface area (Å²) in [4.78, 5) is 16.3. The van der Waals surface area contributed by atoms with Crippen molar-refractivity contribution in [3.8, 4) is 5.69 Å². The molecule has 0 fully saturated rings. The molecule has 0 saturated heterocycles. The molecule has 1 amide bonds. The molecule has 1 atom stereocenters. The second-order valence-corrected chi connectivity index (χ2v) is 6.35. The van der Waals surface area contributed by atoms with Crippen LogP contribution < -0.4 is 5.32 Å². The minimum absolute atomic E-state index is 0.0347. The van der Waals surface area contributed by atoms with Gasteiger partial charge >= 0.3 is 0 Å². The molecule has 2 rings (SSSR count). The molecule has 0 spiro atoms. The third kappa shape index (κ3) is 4.25. The number of imidazole rings is 1. The number of amides is 1. The summed E-state index contributed by atoms with van der Waals surface area (Å²) < 4.78 is 1.95.